The van der Waals surface area contributed by atoms with Crippen LogP contribution in [0.2, 0.25) is 0 Å². The van der Waals surface area contributed by atoms with Crippen molar-refractivity contribution in [2.24, 2.45) is 0 Å². The molecular formula is C19H27NO6. The van der Waals surface area contributed by atoms with Gasteiger partial charge in [-0.25, -0.2) is 0 Å². The first-order valence-corrected chi connectivity index (χ1v) is 9.01. The second-order valence-corrected chi connectivity index (χ2v) is 6.40. The predicted octanol–water partition coefficient (Wildman–Crippen LogP) is 2.63. The highest BCUT2D eigenvalue weighted by Gasteiger charge is 2.38. The van der Waals surface area contributed by atoms with Crippen molar-refractivity contribution in [2.75, 3.05) is 26.4 Å². The molecule has 1 heterocycles. The van der Waals surface area contributed by atoms with Gasteiger partial charge in [-0.05, 0) is 38.0 Å². The summed E-state index contributed by atoms with van der Waals surface area (Å²) in [6, 6.07) is 5.00. The van der Waals surface area contributed by atoms with E-state index >= 15 is 0 Å². The van der Waals surface area contributed by atoms with E-state index < -0.39 is 11.5 Å². The molecule has 1 fully saturated rings. The molecule has 0 saturated carbocycles. The maximum Gasteiger partial charge on any atom is 0.305 e. The van der Waals surface area contributed by atoms with Crippen molar-refractivity contribution in [3.05, 3.63) is 23.8 Å². The lowest BCUT2D eigenvalue weighted by Crippen LogP contribution is -2.50. The number of unbranched alkanes of at least 4 members (excludes halogenated alkanes) is 1. The maximum atomic E-state index is 12.7. The molecule has 0 aliphatic carbocycles. The van der Waals surface area contributed by atoms with E-state index in [2.05, 4.69) is 12.2 Å². The van der Waals surface area contributed by atoms with Crippen LogP contribution in [0.5, 0.6) is 11.5 Å². The topological polar surface area (TPSA) is 94.1 Å². The van der Waals surface area contributed by atoms with Crippen molar-refractivity contribution >= 4 is 11.9 Å². The van der Waals surface area contributed by atoms with Gasteiger partial charge >= 0.3 is 5.97 Å². The average molecular weight is 365 g/mol. The summed E-state index contributed by atoms with van der Waals surface area (Å²) in [5, 5.41) is 12.0. The average Bonchev–Trinajstić information content (AvgIpc) is 3.03. The molecule has 0 spiro atoms. The minimum absolute atomic E-state index is 0.171. The molecule has 1 unspecified atom stereocenters. The normalized spacial score (nSPS) is 19.2. The molecule has 1 aliphatic heterocycles. The highest BCUT2D eigenvalue weighted by Crippen LogP contribution is 2.30. The van der Waals surface area contributed by atoms with Gasteiger partial charge < -0.3 is 24.6 Å². The van der Waals surface area contributed by atoms with Crippen LogP contribution in [0.4, 0.5) is 0 Å². The van der Waals surface area contributed by atoms with Gasteiger partial charge in [0.15, 0.2) is 11.5 Å². The third-order valence-electron chi connectivity index (χ3n) is 4.23. The van der Waals surface area contributed by atoms with Gasteiger partial charge in [0, 0.05) is 12.2 Å². The highest BCUT2D eigenvalue weighted by atomic mass is 16.5. The van der Waals surface area contributed by atoms with E-state index in [1.807, 2.05) is 6.92 Å². The van der Waals surface area contributed by atoms with Crippen molar-refractivity contribution in [1.82, 2.24) is 5.32 Å². The molecule has 1 aliphatic rings. The fraction of sp³-hybridized carbons (Fsp3) is 0.579. The Kier molecular flexibility index (Phi) is 7.26. The summed E-state index contributed by atoms with van der Waals surface area (Å²) in [4.78, 5) is 23.8. The molecular weight excluding hydrogens is 338 g/mol. The summed E-state index contributed by atoms with van der Waals surface area (Å²) in [7, 11) is 0. The Morgan fingerprint density at radius 3 is 2.69 bits per heavy atom. The molecule has 144 valence electrons. The number of nitrogens with one attached hydrogen (secondary N) is 1. The summed E-state index contributed by atoms with van der Waals surface area (Å²) in [6.45, 7) is 5.61. The quantitative estimate of drug-likeness (QED) is 0.619. The number of carboxylic acids is 1. The van der Waals surface area contributed by atoms with E-state index in [-0.39, 0.29) is 18.9 Å². The number of carboxylic acid groups (broad SMARTS) is 1. The predicted molar refractivity (Wildman–Crippen MR) is 95.9 cm³/mol. The molecule has 1 atom stereocenters. The van der Waals surface area contributed by atoms with Crippen LogP contribution in [0.15, 0.2) is 18.2 Å². The molecule has 2 rings (SSSR count). The van der Waals surface area contributed by atoms with E-state index in [0.29, 0.717) is 43.3 Å². The zero-order valence-electron chi connectivity index (χ0n) is 15.4. The number of rotatable bonds is 10. The zero-order valence-corrected chi connectivity index (χ0v) is 15.4. The van der Waals surface area contributed by atoms with Crippen LogP contribution in [0.25, 0.3) is 0 Å². The number of carbonyl (C=O) groups is 2. The summed E-state index contributed by atoms with van der Waals surface area (Å²) < 4.78 is 16.6. The van der Waals surface area contributed by atoms with E-state index in [1.54, 1.807) is 18.2 Å². The fourth-order valence-electron chi connectivity index (χ4n) is 2.86. The zero-order chi connectivity index (χ0) is 19.0. The lowest BCUT2D eigenvalue weighted by atomic mass is 9.93. The number of benzene rings is 1. The minimum Gasteiger partial charge on any atom is -0.490 e. The standard InChI is InChI=1S/C19H27NO6/c1-3-5-9-26-15-7-6-14(11-16(15)25-4-2)18(23)20-19(12-17(21)22)8-10-24-13-19/h6-7,11H,3-5,8-10,12-13H2,1-2H3,(H,20,23)(H,21,22). The molecule has 1 saturated heterocycles. The van der Waals surface area contributed by atoms with Crippen LogP contribution in [0.3, 0.4) is 0 Å². The molecule has 1 aromatic rings. The Morgan fingerprint density at radius 1 is 1.27 bits per heavy atom. The van der Waals surface area contributed by atoms with Gasteiger partial charge in [0.25, 0.3) is 5.91 Å². The van der Waals surface area contributed by atoms with Gasteiger partial charge in [0.05, 0.1) is 31.8 Å². The van der Waals surface area contributed by atoms with Crippen molar-refractivity contribution in [3.8, 4) is 11.5 Å². The number of ether oxygens (including phenoxy) is 3. The third kappa shape index (κ3) is 5.36. The van der Waals surface area contributed by atoms with Gasteiger partial charge in [-0.2, -0.15) is 0 Å². The largest absolute Gasteiger partial charge is 0.490 e. The van der Waals surface area contributed by atoms with Gasteiger partial charge in [-0.1, -0.05) is 13.3 Å². The van der Waals surface area contributed by atoms with E-state index in [4.69, 9.17) is 19.3 Å². The van der Waals surface area contributed by atoms with Crippen molar-refractivity contribution in [1.29, 1.82) is 0 Å². The van der Waals surface area contributed by atoms with Crippen LogP contribution in [0, 0.1) is 0 Å². The Morgan fingerprint density at radius 2 is 2.08 bits per heavy atom. The summed E-state index contributed by atoms with van der Waals surface area (Å²) in [5.74, 6) is -0.212. The Labute approximate surface area is 153 Å². The Balaban J connectivity index is 2.14. The fourth-order valence-corrected chi connectivity index (χ4v) is 2.86. The molecule has 26 heavy (non-hydrogen) atoms. The number of hydrogen-bond donors (Lipinski definition) is 2. The van der Waals surface area contributed by atoms with Gasteiger partial charge in [-0.3, -0.25) is 9.59 Å². The molecule has 7 nitrogen and oxygen atoms in total. The first kappa shape index (κ1) is 20.0. The highest BCUT2D eigenvalue weighted by molar-refractivity contribution is 5.95. The maximum absolute atomic E-state index is 12.7. The molecule has 2 N–H and O–H groups in total. The van der Waals surface area contributed by atoms with Crippen LogP contribution in [0.1, 0.15) is 49.9 Å². The van der Waals surface area contributed by atoms with Crippen LogP contribution in [-0.2, 0) is 9.53 Å². The second-order valence-electron chi connectivity index (χ2n) is 6.40. The Hall–Kier alpha value is -2.28. The molecule has 0 bridgehead atoms. The summed E-state index contributed by atoms with van der Waals surface area (Å²) in [5.41, 5.74) is -0.474. The van der Waals surface area contributed by atoms with Crippen molar-refractivity contribution in [3.63, 3.8) is 0 Å². The van der Waals surface area contributed by atoms with Crippen LogP contribution < -0.4 is 14.8 Å². The molecule has 1 aromatic carbocycles. The van der Waals surface area contributed by atoms with Gasteiger partial charge in [-0.15, -0.1) is 0 Å². The van der Waals surface area contributed by atoms with Crippen molar-refractivity contribution < 1.29 is 28.9 Å². The number of carbonyl (C=O) groups excluding carboxylic acids is 1. The first-order chi connectivity index (χ1) is 12.5. The summed E-state index contributed by atoms with van der Waals surface area (Å²) in [6.07, 6.45) is 2.26. The third-order valence-corrected chi connectivity index (χ3v) is 4.23. The first-order valence-electron chi connectivity index (χ1n) is 9.01. The van der Waals surface area contributed by atoms with E-state index in [1.165, 1.54) is 0 Å². The van der Waals surface area contributed by atoms with E-state index in [0.717, 1.165) is 12.8 Å². The molecule has 7 heteroatoms. The number of hydrogen-bond acceptors (Lipinski definition) is 5. The van der Waals surface area contributed by atoms with Gasteiger partial charge in [0.1, 0.15) is 0 Å². The smallest absolute Gasteiger partial charge is 0.305 e. The lowest BCUT2D eigenvalue weighted by molar-refractivity contribution is -0.138. The van der Waals surface area contributed by atoms with Gasteiger partial charge in [0.2, 0.25) is 0 Å². The molecule has 0 aromatic heterocycles. The second kappa shape index (κ2) is 9.43. The van der Waals surface area contributed by atoms with Crippen LogP contribution in [-0.4, -0.2) is 48.9 Å². The Bertz CT molecular complexity index is 624. The van der Waals surface area contributed by atoms with Crippen LogP contribution >= 0.6 is 0 Å². The molecule has 1 amide bonds. The number of amides is 1. The van der Waals surface area contributed by atoms with Crippen molar-refractivity contribution in [2.45, 2.75) is 45.1 Å². The SMILES string of the molecule is CCCCOc1ccc(C(=O)NC2(CC(=O)O)CCOC2)cc1OCC. The number of aliphatic carboxylic acids is 1. The monoisotopic (exact) mass is 365 g/mol. The van der Waals surface area contributed by atoms with E-state index in [9.17, 15) is 9.59 Å². The lowest BCUT2D eigenvalue weighted by Gasteiger charge is -2.27. The minimum atomic E-state index is -0.967. The molecule has 0 radical (unpaired) electrons. The summed E-state index contributed by atoms with van der Waals surface area (Å²) >= 11 is 0.